The van der Waals surface area contributed by atoms with E-state index in [2.05, 4.69) is 92.4 Å². The average Bonchev–Trinajstić information content (AvgIpc) is 3.33. The van der Waals surface area contributed by atoms with Crippen molar-refractivity contribution in [1.29, 1.82) is 0 Å². The van der Waals surface area contributed by atoms with Gasteiger partial charge in [0.2, 0.25) is 5.89 Å². The highest BCUT2D eigenvalue weighted by atomic mass is 28.4. The van der Waals surface area contributed by atoms with Crippen molar-refractivity contribution in [2.45, 2.75) is 57.8 Å². The molecule has 1 unspecified atom stereocenters. The summed E-state index contributed by atoms with van der Waals surface area (Å²) in [6, 6.07) is 23.2. The lowest BCUT2D eigenvalue weighted by atomic mass is 10.0. The normalized spacial score (nSPS) is 13.1. The van der Waals surface area contributed by atoms with Crippen molar-refractivity contribution in [2.75, 3.05) is 0 Å². The van der Waals surface area contributed by atoms with Crippen LogP contribution in [0.15, 0.2) is 89.7 Å². The lowest BCUT2D eigenvalue weighted by molar-refractivity contribution is 0.143. The molecular weight excluding hydrogens is 436 g/mol. The fourth-order valence-electron chi connectivity index (χ4n) is 3.64. The van der Waals surface area contributed by atoms with Crippen LogP contribution in [0.5, 0.6) is 0 Å². The van der Waals surface area contributed by atoms with E-state index < -0.39 is 8.32 Å². The van der Waals surface area contributed by atoms with Gasteiger partial charge in [-0.2, -0.15) is 0 Å². The summed E-state index contributed by atoms with van der Waals surface area (Å²) in [5, 5.41) is 0.0986. The summed E-state index contributed by atoms with van der Waals surface area (Å²) in [6.07, 6.45) is 6.84. The van der Waals surface area contributed by atoms with E-state index in [4.69, 9.17) is 8.84 Å². The van der Waals surface area contributed by atoms with Gasteiger partial charge >= 0.3 is 0 Å². The van der Waals surface area contributed by atoms with E-state index in [1.807, 2.05) is 18.2 Å². The first kappa shape index (κ1) is 24.1. The maximum atomic E-state index is 6.82. The monoisotopic (exact) mass is 470 g/mol. The number of rotatable bonds is 8. The third-order valence-electron chi connectivity index (χ3n) is 6.74. The molecule has 176 valence electrons. The maximum Gasteiger partial charge on any atom is 0.222 e. The van der Waals surface area contributed by atoms with Crippen LogP contribution in [-0.4, -0.2) is 18.3 Å². The molecule has 0 saturated heterocycles. The quantitative estimate of drug-likeness (QED) is 0.244. The van der Waals surface area contributed by atoms with Crippen molar-refractivity contribution in [2.24, 2.45) is 0 Å². The standard InChI is InChI=1S/C29H34N2O2Si/c1-29(2,3)34(4,5)33-26(28-31-21-27(32-28)25-12-9-19-30-20-25)18-15-22-13-16-24(17-14-22)23-10-7-6-8-11-23/h6-14,16-17,19-21,26H,15,18H2,1-5H3. The zero-order chi connectivity index (χ0) is 24.2. The van der Waals surface area contributed by atoms with Gasteiger partial charge in [-0.15, -0.1) is 0 Å². The van der Waals surface area contributed by atoms with Crippen molar-refractivity contribution < 1.29 is 8.84 Å². The first-order valence-corrected chi connectivity index (χ1v) is 14.8. The summed E-state index contributed by atoms with van der Waals surface area (Å²) in [5.41, 5.74) is 4.66. The Hall–Kier alpha value is -3.02. The highest BCUT2D eigenvalue weighted by Gasteiger charge is 2.40. The number of oxazole rings is 1. The molecule has 4 aromatic rings. The molecule has 0 radical (unpaired) electrons. The van der Waals surface area contributed by atoms with Crippen LogP contribution < -0.4 is 0 Å². The van der Waals surface area contributed by atoms with Gasteiger partial charge in [-0.25, -0.2) is 4.98 Å². The number of benzene rings is 2. The lowest BCUT2D eigenvalue weighted by Gasteiger charge is -2.38. The molecule has 2 aromatic carbocycles. The smallest absolute Gasteiger partial charge is 0.222 e. The van der Waals surface area contributed by atoms with Gasteiger partial charge in [0.1, 0.15) is 6.10 Å². The van der Waals surface area contributed by atoms with Crippen molar-refractivity contribution in [1.82, 2.24) is 9.97 Å². The third kappa shape index (κ3) is 5.72. The first-order valence-electron chi connectivity index (χ1n) is 11.9. The molecule has 4 rings (SSSR count). The van der Waals surface area contributed by atoms with Crippen LogP contribution in [0.3, 0.4) is 0 Å². The Kier molecular flexibility index (Phi) is 7.15. The van der Waals surface area contributed by atoms with E-state index in [-0.39, 0.29) is 11.1 Å². The third-order valence-corrected chi connectivity index (χ3v) is 11.2. The van der Waals surface area contributed by atoms with Gasteiger partial charge < -0.3 is 8.84 Å². The summed E-state index contributed by atoms with van der Waals surface area (Å²) in [7, 11) is -2.02. The van der Waals surface area contributed by atoms with E-state index >= 15 is 0 Å². The topological polar surface area (TPSA) is 48.2 Å². The van der Waals surface area contributed by atoms with E-state index in [0.717, 1.165) is 24.2 Å². The Labute approximate surface area is 204 Å². The molecule has 0 aliphatic heterocycles. The van der Waals surface area contributed by atoms with E-state index in [9.17, 15) is 0 Å². The summed E-state index contributed by atoms with van der Waals surface area (Å²) >= 11 is 0. The Balaban J connectivity index is 1.53. The van der Waals surface area contributed by atoms with Crippen LogP contribution in [0.25, 0.3) is 22.5 Å². The first-order chi connectivity index (χ1) is 16.2. The summed E-state index contributed by atoms with van der Waals surface area (Å²) in [4.78, 5) is 8.83. The maximum absolute atomic E-state index is 6.82. The molecule has 2 aromatic heterocycles. The molecule has 0 aliphatic carbocycles. The lowest BCUT2D eigenvalue weighted by Crippen LogP contribution is -2.42. The number of aromatic nitrogens is 2. The predicted octanol–water partition coefficient (Wildman–Crippen LogP) is 8.10. The fraction of sp³-hybridized carbons (Fsp3) is 0.310. The van der Waals surface area contributed by atoms with Gasteiger partial charge in [0.15, 0.2) is 14.1 Å². The van der Waals surface area contributed by atoms with Gasteiger partial charge in [0.25, 0.3) is 0 Å². The second kappa shape index (κ2) is 10.1. The zero-order valence-corrected chi connectivity index (χ0v) is 21.8. The fourth-order valence-corrected chi connectivity index (χ4v) is 4.92. The number of aryl methyl sites for hydroxylation is 1. The van der Waals surface area contributed by atoms with Crippen molar-refractivity contribution >= 4 is 8.32 Å². The highest BCUT2D eigenvalue weighted by molar-refractivity contribution is 6.74. The van der Waals surface area contributed by atoms with Gasteiger partial charge in [-0.1, -0.05) is 75.4 Å². The largest absolute Gasteiger partial charge is 0.438 e. The Bertz CT molecular complexity index is 1180. The van der Waals surface area contributed by atoms with E-state index in [1.165, 1.54) is 16.7 Å². The molecule has 1 atom stereocenters. The molecule has 0 amide bonds. The van der Waals surface area contributed by atoms with E-state index in [0.29, 0.717) is 5.89 Å². The molecule has 2 heterocycles. The molecule has 0 fully saturated rings. The van der Waals surface area contributed by atoms with Crippen molar-refractivity contribution in [3.63, 3.8) is 0 Å². The molecule has 0 spiro atoms. The van der Waals surface area contributed by atoms with Crippen LogP contribution in [0, 0.1) is 0 Å². The Morgan fingerprint density at radius 3 is 2.18 bits per heavy atom. The van der Waals surface area contributed by atoms with Crippen molar-refractivity contribution in [3.05, 3.63) is 96.8 Å². The molecule has 4 nitrogen and oxygen atoms in total. The molecule has 0 saturated carbocycles. The van der Waals surface area contributed by atoms with Gasteiger partial charge in [0.05, 0.1) is 6.20 Å². The number of pyridine rings is 1. The zero-order valence-electron chi connectivity index (χ0n) is 20.8. The minimum Gasteiger partial charge on any atom is -0.438 e. The molecule has 34 heavy (non-hydrogen) atoms. The summed E-state index contributed by atoms with van der Waals surface area (Å²) < 4.78 is 13.0. The average molecular weight is 471 g/mol. The minimum atomic E-state index is -2.02. The summed E-state index contributed by atoms with van der Waals surface area (Å²) in [5.74, 6) is 1.36. The minimum absolute atomic E-state index is 0.0986. The van der Waals surface area contributed by atoms with Gasteiger partial charge in [-0.05, 0) is 59.8 Å². The van der Waals surface area contributed by atoms with E-state index in [1.54, 1.807) is 18.6 Å². The van der Waals surface area contributed by atoms with Crippen molar-refractivity contribution in [3.8, 4) is 22.5 Å². The molecule has 0 bridgehead atoms. The SMILES string of the molecule is CC(C)(C)[Si](C)(C)OC(CCc1ccc(-c2ccccc2)cc1)c1ncc(-c2cccnc2)o1. The Morgan fingerprint density at radius 1 is 0.853 bits per heavy atom. The summed E-state index contributed by atoms with van der Waals surface area (Å²) in [6.45, 7) is 11.3. The van der Waals surface area contributed by atoms with Gasteiger partial charge in [-0.3, -0.25) is 4.98 Å². The number of hydrogen-bond acceptors (Lipinski definition) is 4. The number of hydrogen-bond donors (Lipinski definition) is 0. The van der Waals surface area contributed by atoms with Crippen LogP contribution in [0.4, 0.5) is 0 Å². The van der Waals surface area contributed by atoms with Crippen LogP contribution in [0.2, 0.25) is 18.1 Å². The molecular formula is C29H34N2O2Si. The highest BCUT2D eigenvalue weighted by Crippen LogP contribution is 2.41. The van der Waals surface area contributed by atoms with Gasteiger partial charge in [0, 0.05) is 18.0 Å². The second-order valence-corrected chi connectivity index (χ2v) is 15.0. The molecule has 0 N–H and O–H groups in total. The molecule has 0 aliphatic rings. The molecule has 5 heteroatoms. The van der Waals surface area contributed by atoms with Crippen LogP contribution in [-0.2, 0) is 10.8 Å². The second-order valence-electron chi connectivity index (χ2n) is 10.3. The Morgan fingerprint density at radius 2 is 1.53 bits per heavy atom. The van der Waals surface area contributed by atoms with Crippen LogP contribution >= 0.6 is 0 Å². The predicted molar refractivity (Wildman–Crippen MR) is 141 cm³/mol. The van der Waals surface area contributed by atoms with Crippen LogP contribution in [0.1, 0.15) is 44.8 Å². The number of nitrogens with zero attached hydrogens (tertiary/aromatic N) is 2.